The highest BCUT2D eigenvalue weighted by Gasteiger charge is 2.59. The van der Waals surface area contributed by atoms with E-state index < -0.39 is 38.2 Å². The van der Waals surface area contributed by atoms with Crippen molar-refractivity contribution in [2.75, 3.05) is 0 Å². The fourth-order valence-electron chi connectivity index (χ4n) is 2.44. The maximum absolute atomic E-state index is 11.6. The van der Waals surface area contributed by atoms with Crippen molar-refractivity contribution < 1.29 is 24.2 Å². The number of carbonyl (C=O) groups excluding carboxylic acids is 1. The standard InChI is InChI=1S/C13H24O5Si/c1-12(2,3)19(4,5)18-10-8(14)6-13(16)7-9(10)17-11(13)15/h8-10,14,16H,6-7H2,1-5H3. The SMILES string of the molecule is CC(C)(C)[Si](C)(C)OC1C(O)CC2(O)CC1OC2=O. The molecule has 1 aliphatic carbocycles. The first-order valence-corrected chi connectivity index (χ1v) is 9.66. The summed E-state index contributed by atoms with van der Waals surface area (Å²) in [6, 6.07) is 0. The Morgan fingerprint density at radius 1 is 1.37 bits per heavy atom. The van der Waals surface area contributed by atoms with Crippen molar-refractivity contribution in [2.45, 2.75) is 75.7 Å². The molecule has 2 N–H and O–H groups in total. The van der Waals surface area contributed by atoms with Gasteiger partial charge in [-0.25, -0.2) is 4.79 Å². The van der Waals surface area contributed by atoms with Gasteiger partial charge in [-0.15, -0.1) is 0 Å². The molecule has 0 aromatic carbocycles. The van der Waals surface area contributed by atoms with Crippen LogP contribution in [0.25, 0.3) is 0 Å². The van der Waals surface area contributed by atoms with Crippen LogP contribution >= 0.6 is 0 Å². The zero-order chi connectivity index (χ0) is 14.6. The fraction of sp³-hybridized carbons (Fsp3) is 0.923. The van der Waals surface area contributed by atoms with Gasteiger partial charge in [0.1, 0.15) is 12.2 Å². The highest BCUT2D eigenvalue weighted by molar-refractivity contribution is 6.74. The molecule has 0 aromatic heterocycles. The molecule has 1 heterocycles. The van der Waals surface area contributed by atoms with Crippen LogP contribution in [-0.4, -0.2) is 48.4 Å². The van der Waals surface area contributed by atoms with Gasteiger partial charge in [-0.2, -0.15) is 0 Å². The van der Waals surface area contributed by atoms with E-state index in [2.05, 4.69) is 33.9 Å². The molecule has 1 saturated heterocycles. The molecule has 2 aliphatic rings. The third-order valence-electron chi connectivity index (χ3n) is 4.71. The fourth-order valence-corrected chi connectivity index (χ4v) is 3.78. The van der Waals surface area contributed by atoms with Gasteiger partial charge in [-0.05, 0) is 18.1 Å². The van der Waals surface area contributed by atoms with Gasteiger partial charge in [0.15, 0.2) is 13.9 Å². The molecule has 0 amide bonds. The number of aliphatic hydroxyl groups is 2. The van der Waals surface area contributed by atoms with E-state index in [1.165, 1.54) is 0 Å². The van der Waals surface area contributed by atoms with Gasteiger partial charge in [-0.3, -0.25) is 0 Å². The molecule has 4 atom stereocenters. The molecule has 0 radical (unpaired) electrons. The molecule has 2 fully saturated rings. The van der Waals surface area contributed by atoms with Crippen molar-refractivity contribution >= 4 is 14.3 Å². The quantitative estimate of drug-likeness (QED) is 0.589. The van der Waals surface area contributed by atoms with E-state index in [9.17, 15) is 15.0 Å². The minimum Gasteiger partial charge on any atom is -0.457 e. The maximum Gasteiger partial charge on any atom is 0.338 e. The lowest BCUT2D eigenvalue weighted by atomic mass is 9.82. The predicted octanol–water partition coefficient (Wildman–Crippen LogP) is 1.19. The topological polar surface area (TPSA) is 76.0 Å². The largest absolute Gasteiger partial charge is 0.457 e. The lowest BCUT2D eigenvalue weighted by Crippen LogP contribution is -2.55. The predicted molar refractivity (Wildman–Crippen MR) is 72.1 cm³/mol. The Morgan fingerprint density at radius 3 is 2.47 bits per heavy atom. The highest BCUT2D eigenvalue weighted by Crippen LogP contribution is 2.43. The van der Waals surface area contributed by atoms with Gasteiger partial charge >= 0.3 is 5.97 Å². The molecule has 2 bridgehead atoms. The molecule has 1 aliphatic heterocycles. The summed E-state index contributed by atoms with van der Waals surface area (Å²) in [4.78, 5) is 11.6. The summed E-state index contributed by atoms with van der Waals surface area (Å²) in [7, 11) is -2.05. The second-order valence-corrected chi connectivity index (χ2v) is 12.1. The second-order valence-electron chi connectivity index (χ2n) is 7.29. The van der Waals surface area contributed by atoms with Gasteiger partial charge in [0.2, 0.25) is 0 Å². The zero-order valence-electron chi connectivity index (χ0n) is 12.3. The molecule has 5 nitrogen and oxygen atoms in total. The maximum atomic E-state index is 11.6. The highest BCUT2D eigenvalue weighted by atomic mass is 28.4. The lowest BCUT2D eigenvalue weighted by molar-refractivity contribution is -0.154. The molecular weight excluding hydrogens is 264 g/mol. The Kier molecular flexibility index (Phi) is 3.37. The minimum atomic E-state index is -2.05. The summed E-state index contributed by atoms with van der Waals surface area (Å²) in [5, 5.41) is 20.2. The second kappa shape index (κ2) is 4.28. The molecule has 2 rings (SSSR count). The Bertz CT molecular complexity index is 389. The molecule has 110 valence electrons. The summed E-state index contributed by atoms with van der Waals surface area (Å²) >= 11 is 0. The summed E-state index contributed by atoms with van der Waals surface area (Å²) in [5.41, 5.74) is -1.52. The Labute approximate surface area is 115 Å². The van der Waals surface area contributed by atoms with E-state index in [4.69, 9.17) is 9.16 Å². The van der Waals surface area contributed by atoms with E-state index in [1.807, 2.05) is 0 Å². The molecule has 19 heavy (non-hydrogen) atoms. The monoisotopic (exact) mass is 288 g/mol. The van der Waals surface area contributed by atoms with E-state index >= 15 is 0 Å². The minimum absolute atomic E-state index is 0.00161. The number of carbonyl (C=O) groups is 1. The van der Waals surface area contributed by atoms with E-state index in [0.29, 0.717) is 0 Å². The van der Waals surface area contributed by atoms with E-state index in [0.717, 1.165) is 0 Å². The van der Waals surface area contributed by atoms with Gasteiger partial charge in [-0.1, -0.05) is 20.8 Å². The third-order valence-corrected chi connectivity index (χ3v) is 9.18. The summed E-state index contributed by atoms with van der Waals surface area (Å²) in [6.45, 7) is 10.5. The summed E-state index contributed by atoms with van der Waals surface area (Å²) in [5.74, 6) is -0.627. The van der Waals surface area contributed by atoms with Crippen LogP contribution in [0.3, 0.4) is 0 Å². The normalized spacial score (nSPS) is 39.3. The summed E-state index contributed by atoms with van der Waals surface area (Å²) < 4.78 is 11.4. The number of hydrogen-bond donors (Lipinski definition) is 2. The van der Waals surface area contributed by atoms with Crippen LogP contribution in [0.15, 0.2) is 0 Å². The van der Waals surface area contributed by atoms with Crippen LogP contribution in [-0.2, 0) is 14.0 Å². The van der Waals surface area contributed by atoms with Crippen LogP contribution in [0.1, 0.15) is 33.6 Å². The molecule has 6 heteroatoms. The zero-order valence-corrected chi connectivity index (χ0v) is 13.3. The number of ether oxygens (including phenoxy) is 1. The van der Waals surface area contributed by atoms with Crippen molar-refractivity contribution in [2.24, 2.45) is 0 Å². The average molecular weight is 288 g/mol. The lowest BCUT2D eigenvalue weighted by Gasteiger charge is -2.43. The Balaban J connectivity index is 2.17. The van der Waals surface area contributed by atoms with Crippen LogP contribution in [0.2, 0.25) is 18.1 Å². The van der Waals surface area contributed by atoms with Crippen LogP contribution < -0.4 is 0 Å². The van der Waals surface area contributed by atoms with Crippen molar-refractivity contribution in [1.82, 2.24) is 0 Å². The van der Waals surface area contributed by atoms with Crippen molar-refractivity contribution in [3.8, 4) is 0 Å². The van der Waals surface area contributed by atoms with Gasteiger partial charge in [0.25, 0.3) is 0 Å². The van der Waals surface area contributed by atoms with Crippen LogP contribution in [0.5, 0.6) is 0 Å². The number of fused-ring (bicyclic) bond motifs is 2. The molecule has 0 spiro atoms. The van der Waals surface area contributed by atoms with E-state index in [-0.39, 0.29) is 17.9 Å². The van der Waals surface area contributed by atoms with Crippen LogP contribution in [0, 0.1) is 0 Å². The first-order valence-electron chi connectivity index (χ1n) is 6.76. The Hall–Kier alpha value is -0.433. The first kappa shape index (κ1) is 15.0. The van der Waals surface area contributed by atoms with Crippen molar-refractivity contribution in [3.63, 3.8) is 0 Å². The smallest absolute Gasteiger partial charge is 0.338 e. The van der Waals surface area contributed by atoms with Gasteiger partial charge in [0, 0.05) is 12.8 Å². The van der Waals surface area contributed by atoms with Crippen LogP contribution in [0.4, 0.5) is 0 Å². The number of hydrogen-bond acceptors (Lipinski definition) is 5. The van der Waals surface area contributed by atoms with E-state index in [1.54, 1.807) is 0 Å². The summed E-state index contributed by atoms with van der Waals surface area (Å²) in [6.07, 6.45) is -1.68. The first-order chi connectivity index (χ1) is 8.46. The van der Waals surface area contributed by atoms with Gasteiger partial charge in [0.05, 0.1) is 6.10 Å². The molecule has 0 aromatic rings. The number of aliphatic hydroxyl groups excluding tert-OH is 1. The molecule has 1 saturated carbocycles. The molecular formula is C13H24O5Si. The number of esters is 1. The van der Waals surface area contributed by atoms with Crippen molar-refractivity contribution in [3.05, 3.63) is 0 Å². The molecule has 4 unspecified atom stereocenters. The third kappa shape index (κ3) is 2.46. The van der Waals surface area contributed by atoms with Crippen molar-refractivity contribution in [1.29, 1.82) is 0 Å². The number of rotatable bonds is 2. The average Bonchev–Trinajstić information content (AvgIpc) is 2.45. The Morgan fingerprint density at radius 2 is 1.95 bits per heavy atom. The van der Waals surface area contributed by atoms with Gasteiger partial charge < -0.3 is 19.4 Å².